The van der Waals surface area contributed by atoms with Crippen molar-refractivity contribution in [3.8, 4) is 11.5 Å². The topological polar surface area (TPSA) is 49.8 Å². The van der Waals surface area contributed by atoms with Crippen LogP contribution < -0.4 is 4.74 Å². The Hall–Kier alpha value is -1.71. The predicted octanol–water partition coefficient (Wildman–Crippen LogP) is 2.13. The maximum absolute atomic E-state index is 12.3. The zero-order valence-electron chi connectivity index (χ0n) is 11.0. The molecule has 1 heterocycles. The molecular formula is C14H19NO3. The van der Waals surface area contributed by atoms with Gasteiger partial charge in [0.05, 0.1) is 12.7 Å². The molecule has 0 spiro atoms. The van der Waals surface area contributed by atoms with Crippen LogP contribution in [-0.4, -0.2) is 36.1 Å². The second-order valence-electron chi connectivity index (χ2n) is 5.05. The van der Waals surface area contributed by atoms with Gasteiger partial charge in [0.1, 0.15) is 11.5 Å². The summed E-state index contributed by atoms with van der Waals surface area (Å²) in [5.74, 6) is 1.47. The van der Waals surface area contributed by atoms with Gasteiger partial charge in [0, 0.05) is 13.1 Å². The van der Waals surface area contributed by atoms with Crippen molar-refractivity contribution in [2.24, 2.45) is 11.8 Å². The van der Waals surface area contributed by atoms with Gasteiger partial charge in [-0.3, -0.25) is 4.79 Å². The lowest BCUT2D eigenvalue weighted by Gasteiger charge is -2.17. The van der Waals surface area contributed by atoms with E-state index in [4.69, 9.17) is 4.74 Å². The van der Waals surface area contributed by atoms with Crippen molar-refractivity contribution in [2.75, 3.05) is 20.2 Å². The van der Waals surface area contributed by atoms with Gasteiger partial charge in [0.25, 0.3) is 5.91 Å². The molecular weight excluding hydrogens is 230 g/mol. The Morgan fingerprint density at radius 3 is 2.50 bits per heavy atom. The molecule has 2 unspecified atom stereocenters. The number of benzene rings is 1. The largest absolute Gasteiger partial charge is 0.507 e. The van der Waals surface area contributed by atoms with E-state index in [1.54, 1.807) is 24.1 Å². The Kier molecular flexibility index (Phi) is 3.45. The molecule has 2 rings (SSSR count). The van der Waals surface area contributed by atoms with Crippen molar-refractivity contribution >= 4 is 5.91 Å². The highest BCUT2D eigenvalue weighted by atomic mass is 16.5. The molecule has 1 fully saturated rings. The molecule has 0 aliphatic carbocycles. The first kappa shape index (κ1) is 12.7. The zero-order chi connectivity index (χ0) is 13.3. The van der Waals surface area contributed by atoms with Gasteiger partial charge in [-0.1, -0.05) is 13.8 Å². The highest BCUT2D eigenvalue weighted by Crippen LogP contribution is 2.28. The third kappa shape index (κ3) is 2.28. The number of aromatic hydroxyl groups is 1. The highest BCUT2D eigenvalue weighted by Gasteiger charge is 2.31. The summed E-state index contributed by atoms with van der Waals surface area (Å²) in [6, 6.07) is 4.72. The van der Waals surface area contributed by atoms with Gasteiger partial charge in [0.15, 0.2) is 0 Å². The van der Waals surface area contributed by atoms with Crippen molar-refractivity contribution in [1.29, 1.82) is 0 Å². The fourth-order valence-electron chi connectivity index (χ4n) is 2.28. The van der Waals surface area contributed by atoms with Crippen LogP contribution in [0, 0.1) is 11.8 Å². The fourth-order valence-corrected chi connectivity index (χ4v) is 2.28. The predicted molar refractivity (Wildman–Crippen MR) is 68.9 cm³/mol. The van der Waals surface area contributed by atoms with Gasteiger partial charge in [-0.15, -0.1) is 0 Å². The summed E-state index contributed by atoms with van der Waals surface area (Å²) < 4.78 is 5.08. The van der Waals surface area contributed by atoms with Crippen LogP contribution in [0.4, 0.5) is 0 Å². The molecule has 0 saturated carbocycles. The van der Waals surface area contributed by atoms with Gasteiger partial charge >= 0.3 is 0 Å². The maximum atomic E-state index is 12.3. The molecule has 1 aliphatic heterocycles. The van der Waals surface area contributed by atoms with Crippen LogP contribution in [-0.2, 0) is 0 Å². The number of likely N-dealkylation sites (tertiary alicyclic amines) is 1. The van der Waals surface area contributed by atoms with Gasteiger partial charge in [-0.25, -0.2) is 0 Å². The summed E-state index contributed by atoms with van der Waals surface area (Å²) in [5.41, 5.74) is 0.315. The number of carbonyl (C=O) groups is 1. The summed E-state index contributed by atoms with van der Waals surface area (Å²) in [4.78, 5) is 14.1. The van der Waals surface area contributed by atoms with Crippen molar-refractivity contribution in [3.05, 3.63) is 23.8 Å². The molecule has 0 radical (unpaired) electrons. The number of ether oxygens (including phenoxy) is 1. The summed E-state index contributed by atoms with van der Waals surface area (Å²) in [5, 5.41) is 9.79. The van der Waals surface area contributed by atoms with E-state index < -0.39 is 0 Å². The number of hydrogen-bond acceptors (Lipinski definition) is 3. The van der Waals surface area contributed by atoms with Crippen molar-refractivity contribution in [2.45, 2.75) is 13.8 Å². The van der Waals surface area contributed by atoms with E-state index in [0.29, 0.717) is 23.1 Å². The molecule has 18 heavy (non-hydrogen) atoms. The number of rotatable bonds is 2. The Morgan fingerprint density at radius 2 is 1.94 bits per heavy atom. The molecule has 1 saturated heterocycles. The van der Waals surface area contributed by atoms with E-state index in [1.807, 2.05) is 0 Å². The first-order valence-electron chi connectivity index (χ1n) is 6.19. The maximum Gasteiger partial charge on any atom is 0.257 e. The number of methoxy groups -OCH3 is 1. The van der Waals surface area contributed by atoms with Gasteiger partial charge in [-0.2, -0.15) is 0 Å². The number of amides is 1. The van der Waals surface area contributed by atoms with Gasteiger partial charge < -0.3 is 14.7 Å². The first-order valence-corrected chi connectivity index (χ1v) is 6.19. The van der Waals surface area contributed by atoms with Crippen LogP contribution >= 0.6 is 0 Å². The van der Waals surface area contributed by atoms with E-state index >= 15 is 0 Å². The average molecular weight is 249 g/mol. The minimum Gasteiger partial charge on any atom is -0.507 e. The molecule has 2 atom stereocenters. The van der Waals surface area contributed by atoms with E-state index in [9.17, 15) is 9.90 Å². The molecule has 98 valence electrons. The van der Waals surface area contributed by atoms with Crippen molar-refractivity contribution in [1.82, 2.24) is 4.90 Å². The lowest BCUT2D eigenvalue weighted by molar-refractivity contribution is 0.0781. The smallest absolute Gasteiger partial charge is 0.257 e. The minimum atomic E-state index is -0.123. The van der Waals surface area contributed by atoms with E-state index in [-0.39, 0.29) is 11.7 Å². The third-order valence-corrected chi connectivity index (χ3v) is 3.71. The van der Waals surface area contributed by atoms with Crippen LogP contribution in [0.15, 0.2) is 18.2 Å². The normalized spacial score (nSPS) is 23.2. The summed E-state index contributed by atoms with van der Waals surface area (Å²) >= 11 is 0. The van der Waals surface area contributed by atoms with E-state index in [2.05, 4.69) is 13.8 Å². The molecule has 0 aromatic heterocycles. The highest BCUT2D eigenvalue weighted by molar-refractivity contribution is 5.97. The van der Waals surface area contributed by atoms with Crippen LogP contribution in [0.3, 0.4) is 0 Å². The monoisotopic (exact) mass is 249 g/mol. The van der Waals surface area contributed by atoms with Crippen molar-refractivity contribution < 1.29 is 14.6 Å². The molecule has 4 heteroatoms. The Labute approximate surface area is 107 Å². The number of phenolic OH excluding ortho intramolecular Hbond substituents is 1. The SMILES string of the molecule is COc1ccc(O)c(C(=O)N2CC(C)C(C)C2)c1. The molecule has 4 nitrogen and oxygen atoms in total. The molecule has 1 aliphatic rings. The standard InChI is InChI=1S/C14H19NO3/c1-9-7-15(8-10(9)2)14(17)12-6-11(18-3)4-5-13(12)16/h4-6,9-10,16H,7-8H2,1-3H3. The van der Waals surface area contributed by atoms with E-state index in [0.717, 1.165) is 13.1 Å². The molecule has 1 amide bonds. The molecule has 1 aromatic rings. The van der Waals surface area contributed by atoms with E-state index in [1.165, 1.54) is 6.07 Å². The van der Waals surface area contributed by atoms with Crippen LogP contribution in [0.25, 0.3) is 0 Å². The second-order valence-corrected chi connectivity index (χ2v) is 5.05. The van der Waals surface area contributed by atoms with Gasteiger partial charge in [0.2, 0.25) is 0 Å². The Balaban J connectivity index is 2.23. The Bertz CT molecular complexity index is 448. The third-order valence-electron chi connectivity index (χ3n) is 3.71. The number of carbonyl (C=O) groups excluding carboxylic acids is 1. The van der Waals surface area contributed by atoms with Crippen LogP contribution in [0.5, 0.6) is 11.5 Å². The lowest BCUT2D eigenvalue weighted by atomic mass is 10.0. The lowest BCUT2D eigenvalue weighted by Crippen LogP contribution is -2.28. The first-order chi connectivity index (χ1) is 8.52. The zero-order valence-corrected chi connectivity index (χ0v) is 11.0. The second kappa shape index (κ2) is 4.88. The summed E-state index contributed by atoms with van der Waals surface area (Å²) in [7, 11) is 1.54. The average Bonchev–Trinajstić information content (AvgIpc) is 2.69. The van der Waals surface area contributed by atoms with Gasteiger partial charge in [-0.05, 0) is 30.0 Å². The minimum absolute atomic E-state index is 0.00741. The van der Waals surface area contributed by atoms with Crippen LogP contribution in [0.2, 0.25) is 0 Å². The summed E-state index contributed by atoms with van der Waals surface area (Å²) in [6.45, 7) is 5.78. The summed E-state index contributed by atoms with van der Waals surface area (Å²) in [6.07, 6.45) is 0. The number of hydrogen-bond donors (Lipinski definition) is 1. The quantitative estimate of drug-likeness (QED) is 0.873. The molecule has 1 aromatic carbocycles. The number of phenols is 1. The van der Waals surface area contributed by atoms with Crippen LogP contribution in [0.1, 0.15) is 24.2 Å². The molecule has 1 N–H and O–H groups in total. The Morgan fingerprint density at radius 1 is 1.33 bits per heavy atom. The number of nitrogens with zero attached hydrogens (tertiary/aromatic N) is 1. The fraction of sp³-hybridized carbons (Fsp3) is 0.500. The molecule has 0 bridgehead atoms. The van der Waals surface area contributed by atoms with Crippen molar-refractivity contribution in [3.63, 3.8) is 0 Å².